The molecular formula is C12H24N2O. The molecule has 3 atom stereocenters. The van der Waals surface area contributed by atoms with E-state index in [1.54, 1.807) is 0 Å². The number of carbonyl (C=O) groups excluding carboxylic acids is 1. The highest BCUT2D eigenvalue weighted by Gasteiger charge is 2.30. The van der Waals surface area contributed by atoms with E-state index in [1.807, 2.05) is 6.92 Å². The molecule has 0 aromatic heterocycles. The van der Waals surface area contributed by atoms with E-state index < -0.39 is 0 Å². The van der Waals surface area contributed by atoms with Crippen LogP contribution in [-0.2, 0) is 4.79 Å². The van der Waals surface area contributed by atoms with Crippen molar-refractivity contribution in [3.05, 3.63) is 0 Å². The van der Waals surface area contributed by atoms with Crippen LogP contribution in [0.3, 0.4) is 0 Å². The van der Waals surface area contributed by atoms with E-state index in [-0.39, 0.29) is 5.92 Å². The molecule has 0 aromatic rings. The summed E-state index contributed by atoms with van der Waals surface area (Å²) in [6.45, 7) is 10.3. The maximum absolute atomic E-state index is 12.2. The first-order chi connectivity index (χ1) is 7.07. The van der Waals surface area contributed by atoms with Gasteiger partial charge in [0, 0.05) is 31.1 Å². The molecule has 3 unspecified atom stereocenters. The largest absolute Gasteiger partial charge is 0.335 e. The Labute approximate surface area is 93.2 Å². The molecule has 0 saturated carbocycles. The Kier molecular flexibility index (Phi) is 4.58. The molecular weight excluding hydrogens is 188 g/mol. The van der Waals surface area contributed by atoms with Crippen LogP contribution in [0.4, 0.5) is 0 Å². The Hall–Kier alpha value is -0.570. The highest BCUT2D eigenvalue weighted by atomic mass is 16.2. The zero-order valence-electron chi connectivity index (χ0n) is 10.4. The number of hydrogen-bond acceptors (Lipinski definition) is 2. The molecule has 1 saturated heterocycles. The lowest BCUT2D eigenvalue weighted by Crippen LogP contribution is -2.58. The zero-order valence-corrected chi connectivity index (χ0v) is 10.4. The highest BCUT2D eigenvalue weighted by Crippen LogP contribution is 2.16. The van der Waals surface area contributed by atoms with Crippen molar-refractivity contribution in [2.75, 3.05) is 13.1 Å². The van der Waals surface area contributed by atoms with Crippen LogP contribution in [0, 0.1) is 5.92 Å². The predicted molar refractivity (Wildman–Crippen MR) is 62.7 cm³/mol. The summed E-state index contributed by atoms with van der Waals surface area (Å²) in [5, 5.41) is 3.35. The van der Waals surface area contributed by atoms with Crippen molar-refractivity contribution in [2.24, 2.45) is 5.92 Å². The number of hydrogen-bond donors (Lipinski definition) is 1. The summed E-state index contributed by atoms with van der Waals surface area (Å²) >= 11 is 0. The summed E-state index contributed by atoms with van der Waals surface area (Å²) in [7, 11) is 0. The molecule has 1 N–H and O–H groups in total. The summed E-state index contributed by atoms with van der Waals surface area (Å²) in [4.78, 5) is 14.3. The summed E-state index contributed by atoms with van der Waals surface area (Å²) in [5.41, 5.74) is 0. The van der Waals surface area contributed by atoms with Crippen LogP contribution >= 0.6 is 0 Å². The summed E-state index contributed by atoms with van der Waals surface area (Å²) < 4.78 is 0. The molecule has 15 heavy (non-hydrogen) atoms. The van der Waals surface area contributed by atoms with Crippen LogP contribution in [0.25, 0.3) is 0 Å². The minimum Gasteiger partial charge on any atom is -0.335 e. The second-order valence-electron chi connectivity index (χ2n) is 4.79. The second-order valence-corrected chi connectivity index (χ2v) is 4.79. The Morgan fingerprint density at radius 1 is 1.40 bits per heavy atom. The Balaban J connectivity index is 2.62. The van der Waals surface area contributed by atoms with Crippen molar-refractivity contribution in [3.63, 3.8) is 0 Å². The van der Waals surface area contributed by atoms with Gasteiger partial charge >= 0.3 is 0 Å². The van der Waals surface area contributed by atoms with Crippen molar-refractivity contribution >= 4 is 5.91 Å². The topological polar surface area (TPSA) is 32.3 Å². The van der Waals surface area contributed by atoms with E-state index in [2.05, 4.69) is 31.0 Å². The third kappa shape index (κ3) is 2.94. The molecule has 1 amide bonds. The van der Waals surface area contributed by atoms with E-state index in [0.717, 1.165) is 25.9 Å². The zero-order chi connectivity index (χ0) is 11.4. The van der Waals surface area contributed by atoms with Crippen LogP contribution in [0.15, 0.2) is 0 Å². The molecule has 1 heterocycles. The predicted octanol–water partition coefficient (Wildman–Crippen LogP) is 1.63. The number of nitrogens with zero attached hydrogens (tertiary/aromatic N) is 1. The summed E-state index contributed by atoms with van der Waals surface area (Å²) in [5.74, 6) is 0.511. The van der Waals surface area contributed by atoms with E-state index in [9.17, 15) is 4.79 Å². The Bertz CT molecular complexity index is 208. The maximum Gasteiger partial charge on any atom is 0.225 e. The van der Waals surface area contributed by atoms with Crippen molar-refractivity contribution < 1.29 is 4.79 Å². The van der Waals surface area contributed by atoms with E-state index in [4.69, 9.17) is 0 Å². The first kappa shape index (κ1) is 12.5. The van der Waals surface area contributed by atoms with Crippen LogP contribution in [0.5, 0.6) is 0 Å². The maximum atomic E-state index is 12.2. The molecule has 1 rings (SSSR count). The van der Waals surface area contributed by atoms with Crippen molar-refractivity contribution in [2.45, 2.75) is 52.6 Å². The fourth-order valence-corrected chi connectivity index (χ4v) is 2.38. The first-order valence-corrected chi connectivity index (χ1v) is 6.10. The van der Waals surface area contributed by atoms with Gasteiger partial charge in [-0.15, -0.1) is 0 Å². The van der Waals surface area contributed by atoms with Gasteiger partial charge in [0.15, 0.2) is 0 Å². The van der Waals surface area contributed by atoms with Crippen LogP contribution in [0.1, 0.15) is 40.5 Å². The molecule has 3 nitrogen and oxygen atoms in total. The van der Waals surface area contributed by atoms with Gasteiger partial charge in [0.2, 0.25) is 5.91 Å². The standard InChI is InChI=1S/C12H24N2O/c1-5-6-9(2)12(15)14-10(3)7-13-8-11(14)4/h9-11,13H,5-8H2,1-4H3. The number of piperazine rings is 1. The van der Waals surface area contributed by atoms with Gasteiger partial charge in [-0.3, -0.25) is 4.79 Å². The second kappa shape index (κ2) is 5.50. The van der Waals surface area contributed by atoms with Gasteiger partial charge in [-0.05, 0) is 20.3 Å². The quantitative estimate of drug-likeness (QED) is 0.771. The van der Waals surface area contributed by atoms with Crippen molar-refractivity contribution in [3.8, 4) is 0 Å². The van der Waals surface area contributed by atoms with Crippen molar-refractivity contribution in [1.29, 1.82) is 0 Å². The fourth-order valence-electron chi connectivity index (χ4n) is 2.38. The summed E-state index contributed by atoms with van der Waals surface area (Å²) in [6, 6.07) is 0.668. The molecule has 0 radical (unpaired) electrons. The van der Waals surface area contributed by atoms with Crippen LogP contribution in [-0.4, -0.2) is 36.0 Å². The van der Waals surface area contributed by atoms with Gasteiger partial charge in [-0.1, -0.05) is 20.3 Å². The summed E-state index contributed by atoms with van der Waals surface area (Å²) in [6.07, 6.45) is 2.09. The molecule has 1 fully saturated rings. The molecule has 0 aromatic carbocycles. The molecule has 0 spiro atoms. The van der Waals surface area contributed by atoms with Crippen LogP contribution < -0.4 is 5.32 Å². The molecule has 0 bridgehead atoms. The average molecular weight is 212 g/mol. The van der Waals surface area contributed by atoms with Gasteiger partial charge < -0.3 is 10.2 Å². The minimum absolute atomic E-state index is 0.179. The monoisotopic (exact) mass is 212 g/mol. The normalized spacial score (nSPS) is 28.9. The average Bonchev–Trinajstić information content (AvgIpc) is 2.17. The number of amides is 1. The third-order valence-electron chi connectivity index (χ3n) is 3.23. The minimum atomic E-state index is 0.179. The number of nitrogens with one attached hydrogen (secondary N) is 1. The Morgan fingerprint density at radius 3 is 2.40 bits per heavy atom. The highest BCUT2D eigenvalue weighted by molar-refractivity contribution is 5.79. The molecule has 1 aliphatic heterocycles. The lowest BCUT2D eigenvalue weighted by Gasteiger charge is -2.40. The fraction of sp³-hybridized carbons (Fsp3) is 0.917. The number of carbonyl (C=O) groups is 1. The van der Waals surface area contributed by atoms with Crippen LogP contribution in [0.2, 0.25) is 0 Å². The lowest BCUT2D eigenvalue weighted by atomic mass is 10.0. The molecule has 1 aliphatic rings. The molecule has 88 valence electrons. The van der Waals surface area contributed by atoms with Gasteiger partial charge in [-0.25, -0.2) is 0 Å². The van der Waals surface area contributed by atoms with Gasteiger partial charge in [0.05, 0.1) is 0 Å². The molecule has 0 aliphatic carbocycles. The number of rotatable bonds is 3. The van der Waals surface area contributed by atoms with Crippen molar-refractivity contribution in [1.82, 2.24) is 10.2 Å². The smallest absolute Gasteiger partial charge is 0.225 e. The lowest BCUT2D eigenvalue weighted by molar-refractivity contribution is -0.140. The van der Waals surface area contributed by atoms with Gasteiger partial charge in [0.1, 0.15) is 0 Å². The van der Waals surface area contributed by atoms with E-state index >= 15 is 0 Å². The Morgan fingerprint density at radius 2 is 1.93 bits per heavy atom. The SMILES string of the molecule is CCCC(C)C(=O)N1C(C)CNCC1C. The molecule has 3 heteroatoms. The first-order valence-electron chi connectivity index (χ1n) is 6.10. The van der Waals surface area contributed by atoms with E-state index in [0.29, 0.717) is 18.0 Å². The van der Waals surface area contributed by atoms with Gasteiger partial charge in [-0.2, -0.15) is 0 Å². The van der Waals surface area contributed by atoms with E-state index in [1.165, 1.54) is 0 Å². The van der Waals surface area contributed by atoms with Gasteiger partial charge in [0.25, 0.3) is 0 Å². The third-order valence-corrected chi connectivity index (χ3v) is 3.23.